The molecule has 0 bridgehead atoms. The van der Waals surface area contributed by atoms with Gasteiger partial charge in [-0.2, -0.15) is 8.78 Å². The number of thioether (sulfide) groups is 1. The van der Waals surface area contributed by atoms with Crippen molar-refractivity contribution < 1.29 is 23.4 Å². The number of halogens is 2. The first-order chi connectivity index (χ1) is 8.00. The van der Waals surface area contributed by atoms with E-state index in [0.717, 1.165) is 11.8 Å². The Morgan fingerprint density at radius 3 is 2.71 bits per heavy atom. The summed E-state index contributed by atoms with van der Waals surface area (Å²) in [6.45, 7) is -1.33. The molecule has 0 saturated carbocycles. The van der Waals surface area contributed by atoms with E-state index < -0.39 is 17.8 Å². The average molecular weight is 262 g/mol. The summed E-state index contributed by atoms with van der Waals surface area (Å²) in [6, 6.07) is 6.36. The summed E-state index contributed by atoms with van der Waals surface area (Å²) in [5, 5.41) is 8.11. The number of hydrogen-bond donors (Lipinski definition) is 1. The maximum atomic E-state index is 12.1. The molecule has 94 valence electrons. The van der Waals surface area contributed by atoms with Gasteiger partial charge in [0.2, 0.25) is 0 Å². The topological polar surface area (TPSA) is 46.5 Å². The first-order valence-corrected chi connectivity index (χ1v) is 5.92. The number of carboxylic acid groups (broad SMARTS) is 1. The fourth-order valence-electron chi connectivity index (χ4n) is 1.12. The lowest BCUT2D eigenvalue weighted by atomic mass is 10.2. The minimum Gasteiger partial charge on any atom is -0.480 e. The Bertz CT molecular complexity index is 385. The van der Waals surface area contributed by atoms with Crippen molar-refractivity contribution >= 4 is 17.7 Å². The maximum absolute atomic E-state index is 12.1. The monoisotopic (exact) mass is 262 g/mol. The zero-order chi connectivity index (χ0) is 12.8. The lowest BCUT2D eigenvalue weighted by Gasteiger charge is -2.11. The number of aliphatic carboxylic acids is 1. The van der Waals surface area contributed by atoms with Crippen molar-refractivity contribution in [3.05, 3.63) is 29.8 Å². The minimum atomic E-state index is -2.88. The van der Waals surface area contributed by atoms with Gasteiger partial charge in [-0.25, -0.2) is 0 Å². The van der Waals surface area contributed by atoms with Gasteiger partial charge in [-0.15, -0.1) is 11.8 Å². The van der Waals surface area contributed by atoms with E-state index in [1.54, 1.807) is 25.1 Å². The van der Waals surface area contributed by atoms with E-state index in [2.05, 4.69) is 4.74 Å². The minimum absolute atomic E-state index is 0.0904. The van der Waals surface area contributed by atoms with Gasteiger partial charge in [0.15, 0.2) is 0 Å². The van der Waals surface area contributed by atoms with E-state index in [-0.39, 0.29) is 5.75 Å². The molecule has 1 aromatic rings. The van der Waals surface area contributed by atoms with E-state index in [1.165, 1.54) is 6.07 Å². The molecule has 0 spiro atoms. The van der Waals surface area contributed by atoms with Gasteiger partial charge in [-0.1, -0.05) is 18.2 Å². The van der Waals surface area contributed by atoms with Crippen molar-refractivity contribution in [1.29, 1.82) is 0 Å². The number of ether oxygens (including phenoxy) is 1. The molecule has 1 atom stereocenters. The number of alkyl halides is 2. The van der Waals surface area contributed by atoms with Crippen LogP contribution in [0.15, 0.2) is 24.3 Å². The molecule has 0 amide bonds. The van der Waals surface area contributed by atoms with Crippen LogP contribution in [-0.2, 0) is 10.5 Å². The molecule has 0 heterocycles. The number of para-hydroxylation sites is 1. The summed E-state index contributed by atoms with van der Waals surface area (Å²) in [5.41, 5.74) is 0.561. The van der Waals surface area contributed by atoms with Gasteiger partial charge in [-0.3, -0.25) is 4.79 Å². The van der Waals surface area contributed by atoms with Crippen LogP contribution in [0.4, 0.5) is 8.78 Å². The SMILES string of the molecule is CC(SCc1ccccc1OC(F)F)C(=O)O. The van der Waals surface area contributed by atoms with Crippen LogP contribution in [-0.4, -0.2) is 22.9 Å². The Morgan fingerprint density at radius 2 is 2.12 bits per heavy atom. The molecule has 1 aromatic carbocycles. The van der Waals surface area contributed by atoms with Crippen LogP contribution in [0.1, 0.15) is 12.5 Å². The fourth-order valence-corrected chi connectivity index (χ4v) is 1.93. The van der Waals surface area contributed by atoms with Gasteiger partial charge >= 0.3 is 12.6 Å². The molecule has 0 saturated heterocycles. The van der Waals surface area contributed by atoms with Crippen LogP contribution in [0.25, 0.3) is 0 Å². The summed E-state index contributed by atoms with van der Waals surface area (Å²) in [6.07, 6.45) is 0. The maximum Gasteiger partial charge on any atom is 0.387 e. The van der Waals surface area contributed by atoms with E-state index in [9.17, 15) is 13.6 Å². The molecule has 0 aliphatic rings. The highest BCUT2D eigenvalue weighted by Gasteiger charge is 2.14. The van der Waals surface area contributed by atoms with Gasteiger partial charge < -0.3 is 9.84 Å². The van der Waals surface area contributed by atoms with Gasteiger partial charge in [-0.05, 0) is 13.0 Å². The lowest BCUT2D eigenvalue weighted by Crippen LogP contribution is -2.12. The first-order valence-electron chi connectivity index (χ1n) is 4.88. The first kappa shape index (κ1) is 13.8. The summed E-state index contributed by atoms with van der Waals surface area (Å²) in [4.78, 5) is 10.6. The Labute approximate surface area is 102 Å². The highest BCUT2D eigenvalue weighted by atomic mass is 32.2. The van der Waals surface area contributed by atoms with E-state index >= 15 is 0 Å². The molecule has 1 N–H and O–H groups in total. The van der Waals surface area contributed by atoms with E-state index in [0.29, 0.717) is 11.3 Å². The zero-order valence-corrected chi connectivity index (χ0v) is 9.92. The van der Waals surface area contributed by atoms with Crippen LogP contribution >= 0.6 is 11.8 Å². The molecule has 17 heavy (non-hydrogen) atoms. The molecule has 1 rings (SSSR count). The van der Waals surface area contributed by atoms with Gasteiger partial charge in [0, 0.05) is 11.3 Å². The zero-order valence-electron chi connectivity index (χ0n) is 9.10. The van der Waals surface area contributed by atoms with Crippen molar-refractivity contribution in [3.8, 4) is 5.75 Å². The fraction of sp³-hybridized carbons (Fsp3) is 0.364. The van der Waals surface area contributed by atoms with Crippen LogP contribution in [0.5, 0.6) is 5.75 Å². The van der Waals surface area contributed by atoms with Crippen molar-refractivity contribution in [3.63, 3.8) is 0 Å². The number of carbonyl (C=O) groups is 1. The summed E-state index contributed by atoms with van der Waals surface area (Å²) < 4.78 is 28.6. The standard InChI is InChI=1S/C11H12F2O3S/c1-7(10(14)15)17-6-8-4-2-3-5-9(8)16-11(12)13/h2-5,7,11H,6H2,1H3,(H,14,15). The third kappa shape index (κ3) is 4.60. The predicted molar refractivity (Wildman–Crippen MR) is 61.5 cm³/mol. The molecule has 0 aliphatic heterocycles. The Morgan fingerprint density at radius 1 is 1.47 bits per heavy atom. The summed E-state index contributed by atoms with van der Waals surface area (Å²) in [5.74, 6) is -0.522. The normalized spacial score (nSPS) is 12.5. The Hall–Kier alpha value is -1.30. The second-order valence-electron chi connectivity index (χ2n) is 3.28. The molecule has 0 radical (unpaired) electrons. The third-order valence-corrected chi connectivity index (χ3v) is 3.20. The molecular weight excluding hydrogens is 250 g/mol. The van der Waals surface area contributed by atoms with Gasteiger partial charge in [0.1, 0.15) is 5.75 Å². The van der Waals surface area contributed by atoms with Crippen LogP contribution < -0.4 is 4.74 Å². The van der Waals surface area contributed by atoms with Crippen molar-refractivity contribution in [2.75, 3.05) is 0 Å². The quantitative estimate of drug-likeness (QED) is 0.856. The molecule has 0 fully saturated rings. The summed E-state index contributed by atoms with van der Waals surface area (Å²) in [7, 11) is 0. The van der Waals surface area contributed by atoms with Crippen LogP contribution in [0.3, 0.4) is 0 Å². The van der Waals surface area contributed by atoms with E-state index in [1.807, 2.05) is 0 Å². The smallest absolute Gasteiger partial charge is 0.387 e. The molecule has 6 heteroatoms. The number of benzene rings is 1. The van der Waals surface area contributed by atoms with Crippen LogP contribution in [0.2, 0.25) is 0 Å². The van der Waals surface area contributed by atoms with Crippen molar-refractivity contribution in [1.82, 2.24) is 0 Å². The van der Waals surface area contributed by atoms with Crippen molar-refractivity contribution in [2.45, 2.75) is 24.5 Å². The predicted octanol–water partition coefficient (Wildman–Crippen LogP) is 2.99. The third-order valence-electron chi connectivity index (χ3n) is 2.03. The largest absolute Gasteiger partial charge is 0.480 e. The Balaban J connectivity index is 2.66. The van der Waals surface area contributed by atoms with Crippen molar-refractivity contribution in [2.24, 2.45) is 0 Å². The number of carboxylic acids is 1. The number of rotatable bonds is 6. The highest BCUT2D eigenvalue weighted by molar-refractivity contribution is 7.99. The van der Waals surface area contributed by atoms with E-state index in [4.69, 9.17) is 5.11 Å². The summed E-state index contributed by atoms with van der Waals surface area (Å²) >= 11 is 1.15. The molecule has 1 unspecified atom stereocenters. The second kappa shape index (κ2) is 6.44. The van der Waals surface area contributed by atoms with Crippen LogP contribution in [0, 0.1) is 0 Å². The van der Waals surface area contributed by atoms with Gasteiger partial charge in [0.05, 0.1) is 5.25 Å². The second-order valence-corrected chi connectivity index (χ2v) is 4.61. The molecule has 0 aromatic heterocycles. The number of hydrogen-bond acceptors (Lipinski definition) is 3. The lowest BCUT2D eigenvalue weighted by molar-refractivity contribution is -0.136. The average Bonchev–Trinajstić information content (AvgIpc) is 2.26. The molecule has 3 nitrogen and oxygen atoms in total. The molecule has 0 aliphatic carbocycles. The molecular formula is C11H12F2O3S. The highest BCUT2D eigenvalue weighted by Crippen LogP contribution is 2.26. The van der Waals surface area contributed by atoms with Gasteiger partial charge in [0.25, 0.3) is 0 Å². The Kier molecular flexibility index (Phi) is 5.21.